The summed E-state index contributed by atoms with van der Waals surface area (Å²) in [5.41, 5.74) is 0.937. The van der Waals surface area contributed by atoms with Gasteiger partial charge in [0, 0.05) is 18.3 Å². The molecular formula is C9H12ClN3O2S. The molecule has 0 bridgehead atoms. The molecule has 2 N–H and O–H groups in total. The number of carbonyl (C=O) groups is 2. The number of nitrogens with one attached hydrogen (secondary N) is 2. The van der Waals surface area contributed by atoms with Crippen LogP contribution in [0.3, 0.4) is 0 Å². The summed E-state index contributed by atoms with van der Waals surface area (Å²) in [7, 11) is 0. The zero-order valence-electron chi connectivity index (χ0n) is 8.75. The Bertz CT molecular complexity index is 381. The first-order chi connectivity index (χ1) is 7.61. The van der Waals surface area contributed by atoms with Gasteiger partial charge < -0.3 is 5.32 Å². The zero-order valence-corrected chi connectivity index (χ0v) is 10.3. The maximum Gasteiger partial charge on any atom is 0.321 e. The van der Waals surface area contributed by atoms with Gasteiger partial charge in [0.2, 0.25) is 5.91 Å². The highest BCUT2D eigenvalue weighted by Crippen LogP contribution is 2.07. The van der Waals surface area contributed by atoms with Gasteiger partial charge in [-0.15, -0.1) is 22.9 Å². The molecule has 0 spiro atoms. The Morgan fingerprint density at radius 2 is 2.31 bits per heavy atom. The molecule has 0 saturated carbocycles. The lowest BCUT2D eigenvalue weighted by atomic mass is 10.3. The van der Waals surface area contributed by atoms with E-state index in [1.807, 2.05) is 12.3 Å². The van der Waals surface area contributed by atoms with Crippen molar-refractivity contribution in [3.63, 3.8) is 0 Å². The summed E-state index contributed by atoms with van der Waals surface area (Å²) in [5.74, 6) is -0.734. The number of amides is 3. The number of aromatic nitrogens is 1. The fourth-order valence-corrected chi connectivity index (χ4v) is 1.75. The molecule has 0 aliphatic heterocycles. The van der Waals surface area contributed by atoms with Crippen molar-refractivity contribution in [3.8, 4) is 0 Å². The molecule has 0 aromatic carbocycles. The number of halogens is 1. The third-order valence-corrected chi connectivity index (χ3v) is 2.77. The van der Waals surface area contributed by atoms with E-state index in [1.165, 1.54) is 0 Å². The summed E-state index contributed by atoms with van der Waals surface area (Å²) in [4.78, 5) is 26.1. The minimum absolute atomic E-state index is 0.224. The average molecular weight is 262 g/mol. The lowest BCUT2D eigenvalue weighted by molar-refractivity contribution is -0.117. The highest BCUT2D eigenvalue weighted by Gasteiger charge is 2.05. The van der Waals surface area contributed by atoms with E-state index in [4.69, 9.17) is 11.6 Å². The first kappa shape index (κ1) is 12.9. The third kappa shape index (κ3) is 4.59. The number of urea groups is 1. The molecule has 7 heteroatoms. The molecule has 1 heterocycles. The number of nitrogens with zero attached hydrogens (tertiary/aromatic N) is 1. The molecule has 5 nitrogen and oxygen atoms in total. The Morgan fingerprint density at radius 1 is 1.56 bits per heavy atom. The van der Waals surface area contributed by atoms with Crippen LogP contribution in [0.2, 0.25) is 0 Å². The molecule has 0 aliphatic rings. The third-order valence-electron chi connectivity index (χ3n) is 1.71. The van der Waals surface area contributed by atoms with E-state index in [0.717, 1.165) is 10.7 Å². The monoisotopic (exact) mass is 261 g/mol. The van der Waals surface area contributed by atoms with Crippen molar-refractivity contribution < 1.29 is 9.59 Å². The second kappa shape index (κ2) is 6.44. The molecule has 3 amide bonds. The highest BCUT2D eigenvalue weighted by atomic mass is 35.5. The minimum atomic E-state index is -0.530. The predicted molar refractivity (Wildman–Crippen MR) is 62.8 cm³/mol. The van der Waals surface area contributed by atoms with Gasteiger partial charge in [-0.25, -0.2) is 9.78 Å². The van der Waals surface area contributed by atoms with Gasteiger partial charge in [0.25, 0.3) is 0 Å². The normalized spacial score (nSPS) is 9.88. The maximum atomic E-state index is 11.1. The predicted octanol–water partition coefficient (Wildman–Crippen LogP) is 1.06. The van der Waals surface area contributed by atoms with E-state index in [2.05, 4.69) is 15.6 Å². The summed E-state index contributed by atoms with van der Waals surface area (Å²) in [6.45, 7) is 2.36. The van der Waals surface area contributed by atoms with Crippen LogP contribution < -0.4 is 10.6 Å². The molecular weight excluding hydrogens is 250 g/mol. The Morgan fingerprint density at radius 3 is 2.88 bits per heavy atom. The van der Waals surface area contributed by atoms with Gasteiger partial charge in [-0.2, -0.15) is 0 Å². The molecule has 0 fully saturated rings. The Hall–Kier alpha value is -1.14. The van der Waals surface area contributed by atoms with Gasteiger partial charge >= 0.3 is 6.03 Å². The van der Waals surface area contributed by atoms with Crippen molar-refractivity contribution in [2.24, 2.45) is 0 Å². The molecule has 1 aromatic rings. The van der Waals surface area contributed by atoms with Crippen LogP contribution in [0.1, 0.15) is 10.7 Å². The number of carbonyl (C=O) groups excluding carboxylic acids is 2. The van der Waals surface area contributed by atoms with Crippen LogP contribution >= 0.6 is 22.9 Å². The SMILES string of the molecule is Cc1nc(CCNC(=O)NC(=O)CCl)cs1. The van der Waals surface area contributed by atoms with Gasteiger partial charge in [-0.3, -0.25) is 10.1 Å². The molecule has 88 valence electrons. The molecule has 0 radical (unpaired) electrons. The van der Waals surface area contributed by atoms with Crippen molar-refractivity contribution in [3.05, 3.63) is 16.1 Å². The molecule has 0 saturated heterocycles. The van der Waals surface area contributed by atoms with E-state index in [9.17, 15) is 9.59 Å². The van der Waals surface area contributed by atoms with E-state index >= 15 is 0 Å². The molecule has 1 aromatic heterocycles. The number of hydrogen-bond donors (Lipinski definition) is 2. The Labute approximate surface area is 102 Å². The number of aryl methyl sites for hydroxylation is 1. The smallest absolute Gasteiger partial charge is 0.321 e. The Balaban J connectivity index is 2.20. The van der Waals surface area contributed by atoms with Gasteiger partial charge in [0.05, 0.1) is 10.7 Å². The second-order valence-electron chi connectivity index (χ2n) is 3.05. The molecule has 1 rings (SSSR count). The molecule has 0 unspecified atom stereocenters. The molecule has 16 heavy (non-hydrogen) atoms. The summed E-state index contributed by atoms with van der Waals surface area (Å²) >= 11 is 6.79. The molecule has 0 atom stereocenters. The van der Waals surface area contributed by atoms with E-state index < -0.39 is 11.9 Å². The van der Waals surface area contributed by atoms with Gasteiger partial charge in [0.1, 0.15) is 5.88 Å². The summed E-state index contributed by atoms with van der Waals surface area (Å²) < 4.78 is 0. The first-order valence-electron chi connectivity index (χ1n) is 4.66. The fraction of sp³-hybridized carbons (Fsp3) is 0.444. The minimum Gasteiger partial charge on any atom is -0.337 e. The topological polar surface area (TPSA) is 71.1 Å². The second-order valence-corrected chi connectivity index (χ2v) is 4.38. The standard InChI is InChI=1S/C9H12ClN3O2S/c1-6-12-7(5-16-6)2-3-11-9(15)13-8(14)4-10/h5H,2-4H2,1H3,(H2,11,13,14,15). The Kier molecular flexibility index (Phi) is 5.21. The van der Waals surface area contributed by atoms with Crippen LogP contribution in [-0.4, -0.2) is 29.3 Å². The maximum absolute atomic E-state index is 11.1. The molecule has 0 aliphatic carbocycles. The number of hydrogen-bond acceptors (Lipinski definition) is 4. The summed E-state index contributed by atoms with van der Waals surface area (Å²) in [5, 5.41) is 7.56. The highest BCUT2D eigenvalue weighted by molar-refractivity contribution is 7.09. The van der Waals surface area contributed by atoms with Crippen molar-refractivity contribution in [2.45, 2.75) is 13.3 Å². The number of thiazole rings is 1. The van der Waals surface area contributed by atoms with Gasteiger partial charge in [-0.1, -0.05) is 0 Å². The van der Waals surface area contributed by atoms with Gasteiger partial charge in [0.15, 0.2) is 0 Å². The van der Waals surface area contributed by atoms with Crippen LogP contribution in [0.15, 0.2) is 5.38 Å². The van der Waals surface area contributed by atoms with Crippen molar-refractivity contribution >= 4 is 34.9 Å². The van der Waals surface area contributed by atoms with E-state index in [-0.39, 0.29) is 5.88 Å². The zero-order chi connectivity index (χ0) is 12.0. The summed E-state index contributed by atoms with van der Waals surface area (Å²) in [6, 6.07) is -0.530. The van der Waals surface area contributed by atoms with E-state index in [1.54, 1.807) is 11.3 Å². The largest absolute Gasteiger partial charge is 0.337 e. The average Bonchev–Trinajstić information content (AvgIpc) is 2.64. The van der Waals surface area contributed by atoms with Crippen LogP contribution in [0.5, 0.6) is 0 Å². The number of imide groups is 1. The van der Waals surface area contributed by atoms with Crippen molar-refractivity contribution in [1.29, 1.82) is 0 Å². The van der Waals surface area contributed by atoms with E-state index in [0.29, 0.717) is 13.0 Å². The van der Waals surface area contributed by atoms with Crippen LogP contribution in [0.4, 0.5) is 4.79 Å². The lowest BCUT2D eigenvalue weighted by Gasteiger charge is -2.03. The van der Waals surface area contributed by atoms with Crippen LogP contribution in [0, 0.1) is 6.92 Å². The lowest BCUT2D eigenvalue weighted by Crippen LogP contribution is -2.40. The van der Waals surface area contributed by atoms with Gasteiger partial charge in [-0.05, 0) is 6.92 Å². The van der Waals surface area contributed by atoms with Crippen LogP contribution in [0.25, 0.3) is 0 Å². The fourth-order valence-electron chi connectivity index (χ4n) is 1.03. The first-order valence-corrected chi connectivity index (χ1v) is 6.08. The van der Waals surface area contributed by atoms with Crippen LogP contribution in [-0.2, 0) is 11.2 Å². The summed E-state index contributed by atoms with van der Waals surface area (Å²) in [6.07, 6.45) is 0.646. The number of alkyl halides is 1. The number of rotatable bonds is 4. The quantitative estimate of drug-likeness (QED) is 0.796. The van der Waals surface area contributed by atoms with Crippen molar-refractivity contribution in [2.75, 3.05) is 12.4 Å². The van der Waals surface area contributed by atoms with Crippen molar-refractivity contribution in [1.82, 2.24) is 15.6 Å².